The molecule has 0 amide bonds. The molecule has 8 aromatic rings. The number of hydrogen-bond donors (Lipinski definition) is 1. The Kier molecular flexibility index (Phi) is 8.37. The molecule has 4 heteroatoms. The van der Waals surface area contributed by atoms with Gasteiger partial charge in [-0.3, -0.25) is 4.99 Å². The average Bonchev–Trinajstić information content (AvgIpc) is 3.56. The summed E-state index contributed by atoms with van der Waals surface area (Å²) >= 11 is 1.85. The Balaban J connectivity index is 1.26. The van der Waals surface area contributed by atoms with Crippen molar-refractivity contribution < 1.29 is 0 Å². The van der Waals surface area contributed by atoms with Crippen LogP contribution in [-0.4, -0.2) is 11.7 Å². The first-order valence-electron chi connectivity index (χ1n) is 16.4. The minimum absolute atomic E-state index is 0.427. The van der Waals surface area contributed by atoms with Crippen molar-refractivity contribution in [2.45, 2.75) is 6.54 Å². The largest absolute Gasteiger partial charge is 0.383 e. The van der Waals surface area contributed by atoms with E-state index < -0.39 is 0 Å². The van der Waals surface area contributed by atoms with Gasteiger partial charge in [0.05, 0.1) is 6.54 Å². The predicted molar refractivity (Wildman–Crippen MR) is 209 cm³/mol. The van der Waals surface area contributed by atoms with E-state index >= 15 is 0 Å². The molecule has 0 aliphatic rings. The summed E-state index contributed by atoms with van der Waals surface area (Å²) in [5.41, 5.74) is 16.8. The molecule has 8 rings (SSSR count). The highest BCUT2D eigenvalue weighted by molar-refractivity contribution is 7.26. The first-order chi connectivity index (χ1) is 24.2. The van der Waals surface area contributed by atoms with Gasteiger partial charge in [0, 0.05) is 31.3 Å². The molecule has 0 fully saturated rings. The number of thiophene rings is 1. The zero-order valence-corrected chi connectivity index (χ0v) is 27.6. The van der Waals surface area contributed by atoms with Gasteiger partial charge in [-0.25, -0.2) is 4.99 Å². The van der Waals surface area contributed by atoms with Crippen LogP contribution < -0.4 is 5.73 Å². The van der Waals surface area contributed by atoms with Gasteiger partial charge < -0.3 is 5.73 Å². The van der Waals surface area contributed by atoms with E-state index in [-0.39, 0.29) is 0 Å². The number of hydrogen-bond acceptors (Lipinski definition) is 2. The van der Waals surface area contributed by atoms with Crippen molar-refractivity contribution in [1.29, 1.82) is 0 Å². The van der Waals surface area contributed by atoms with Crippen LogP contribution in [0.2, 0.25) is 0 Å². The second kappa shape index (κ2) is 13.6. The Bertz CT molecular complexity index is 2450. The molecular weight excluding hydrogens is 615 g/mol. The van der Waals surface area contributed by atoms with Gasteiger partial charge in [-0.1, -0.05) is 158 Å². The van der Waals surface area contributed by atoms with E-state index in [4.69, 9.17) is 15.7 Å². The second-order valence-corrected chi connectivity index (χ2v) is 13.0. The van der Waals surface area contributed by atoms with Crippen LogP contribution >= 0.6 is 11.3 Å². The molecule has 0 spiro atoms. The highest BCUT2D eigenvalue weighted by Crippen LogP contribution is 2.45. The van der Waals surface area contributed by atoms with Crippen molar-refractivity contribution in [3.05, 3.63) is 193 Å². The first-order valence-corrected chi connectivity index (χ1v) is 17.2. The van der Waals surface area contributed by atoms with Crippen molar-refractivity contribution in [2.24, 2.45) is 15.7 Å². The van der Waals surface area contributed by atoms with Crippen molar-refractivity contribution >= 4 is 43.2 Å². The summed E-state index contributed by atoms with van der Waals surface area (Å²) in [5.74, 6) is 1.04. The minimum Gasteiger partial charge on any atom is -0.383 e. The molecule has 1 heterocycles. The molecule has 3 nitrogen and oxygen atoms in total. The molecule has 0 unspecified atom stereocenters. The maximum Gasteiger partial charge on any atom is 0.157 e. The standard InChI is InChI=1S/C45H33N3S/c46-44(48-45(34-20-11-4-12-21-34)47-30-31-14-5-1-6-15-31)37-23-13-22-36(28-37)38-25-26-39(33-18-9-3-10-19-33)43-42(38)40-29-35(24-27-41(40)49-43)32-16-7-2-8-17-32/h1-29H,30H2,(H2,46,47,48). The van der Waals surface area contributed by atoms with Gasteiger partial charge in [0.1, 0.15) is 5.84 Å². The van der Waals surface area contributed by atoms with Gasteiger partial charge in [-0.15, -0.1) is 11.3 Å². The summed E-state index contributed by atoms with van der Waals surface area (Å²) in [6.45, 7) is 0.518. The van der Waals surface area contributed by atoms with Crippen molar-refractivity contribution in [3.63, 3.8) is 0 Å². The Morgan fingerprint density at radius 3 is 1.86 bits per heavy atom. The lowest BCUT2D eigenvalue weighted by molar-refractivity contribution is 1.06. The van der Waals surface area contributed by atoms with E-state index in [2.05, 4.69) is 121 Å². The molecule has 0 aliphatic heterocycles. The van der Waals surface area contributed by atoms with Crippen molar-refractivity contribution in [3.8, 4) is 33.4 Å². The van der Waals surface area contributed by atoms with E-state index in [0.717, 1.165) is 22.3 Å². The monoisotopic (exact) mass is 647 g/mol. The molecule has 0 saturated heterocycles. The van der Waals surface area contributed by atoms with Crippen LogP contribution in [-0.2, 0) is 6.54 Å². The molecule has 0 saturated carbocycles. The molecule has 0 aliphatic carbocycles. The van der Waals surface area contributed by atoms with Crippen molar-refractivity contribution in [2.75, 3.05) is 0 Å². The molecule has 2 N–H and O–H groups in total. The molecule has 0 atom stereocenters. The Morgan fingerprint density at radius 1 is 0.510 bits per heavy atom. The Morgan fingerprint density at radius 2 is 1.12 bits per heavy atom. The highest BCUT2D eigenvalue weighted by atomic mass is 32.1. The van der Waals surface area contributed by atoms with Crippen LogP contribution in [0.25, 0.3) is 53.6 Å². The first kappa shape index (κ1) is 30.2. The smallest absolute Gasteiger partial charge is 0.157 e. The lowest BCUT2D eigenvalue weighted by Crippen LogP contribution is -2.16. The van der Waals surface area contributed by atoms with E-state index in [1.54, 1.807) is 0 Å². The summed E-state index contributed by atoms with van der Waals surface area (Å²) in [4.78, 5) is 9.82. The number of fused-ring (bicyclic) bond motifs is 3. The zero-order valence-electron chi connectivity index (χ0n) is 26.8. The lowest BCUT2D eigenvalue weighted by atomic mass is 9.93. The molecule has 0 radical (unpaired) electrons. The topological polar surface area (TPSA) is 50.7 Å². The molecule has 0 bridgehead atoms. The van der Waals surface area contributed by atoms with E-state index in [9.17, 15) is 0 Å². The third-order valence-electron chi connectivity index (χ3n) is 8.79. The highest BCUT2D eigenvalue weighted by Gasteiger charge is 2.17. The fourth-order valence-electron chi connectivity index (χ4n) is 6.33. The summed E-state index contributed by atoms with van der Waals surface area (Å²) in [6, 6.07) is 61.3. The lowest BCUT2D eigenvalue weighted by Gasteiger charge is -2.11. The van der Waals surface area contributed by atoms with Crippen LogP contribution in [0.3, 0.4) is 0 Å². The minimum atomic E-state index is 0.427. The van der Waals surface area contributed by atoms with Gasteiger partial charge in [0.2, 0.25) is 0 Å². The molecule has 7 aromatic carbocycles. The molecular formula is C45H33N3S. The van der Waals surface area contributed by atoms with Crippen molar-refractivity contribution in [1.82, 2.24) is 0 Å². The van der Waals surface area contributed by atoms with Gasteiger partial charge in [-0.2, -0.15) is 0 Å². The molecule has 49 heavy (non-hydrogen) atoms. The van der Waals surface area contributed by atoms with E-state index in [1.807, 2.05) is 65.9 Å². The summed E-state index contributed by atoms with van der Waals surface area (Å²) in [6.07, 6.45) is 0. The fourth-order valence-corrected chi connectivity index (χ4v) is 7.57. The Hall–Kier alpha value is -6.10. The number of nitrogens with two attached hydrogens (primary N) is 1. The van der Waals surface area contributed by atoms with Gasteiger partial charge >= 0.3 is 0 Å². The van der Waals surface area contributed by atoms with Crippen LogP contribution in [0.4, 0.5) is 0 Å². The fraction of sp³-hybridized carbons (Fsp3) is 0.0222. The van der Waals surface area contributed by atoms with Crippen LogP contribution in [0, 0.1) is 0 Å². The normalized spacial score (nSPS) is 12.1. The maximum atomic E-state index is 6.79. The van der Waals surface area contributed by atoms with Crippen LogP contribution in [0.1, 0.15) is 16.7 Å². The number of rotatable bonds is 7. The maximum absolute atomic E-state index is 6.79. The number of benzene rings is 7. The van der Waals surface area contributed by atoms with E-state index in [0.29, 0.717) is 18.2 Å². The number of aliphatic imine (C=N–C) groups is 2. The van der Waals surface area contributed by atoms with E-state index in [1.165, 1.54) is 48.0 Å². The molecule has 234 valence electrons. The van der Waals surface area contributed by atoms with Crippen LogP contribution in [0.5, 0.6) is 0 Å². The average molecular weight is 648 g/mol. The van der Waals surface area contributed by atoms with Gasteiger partial charge in [0.25, 0.3) is 0 Å². The van der Waals surface area contributed by atoms with Gasteiger partial charge in [-0.05, 0) is 57.1 Å². The third kappa shape index (κ3) is 6.30. The van der Waals surface area contributed by atoms with Crippen LogP contribution in [0.15, 0.2) is 186 Å². The molecule has 1 aromatic heterocycles. The predicted octanol–water partition coefficient (Wildman–Crippen LogP) is 11.4. The zero-order chi connectivity index (χ0) is 33.0. The second-order valence-electron chi connectivity index (χ2n) is 12.0. The SMILES string of the molecule is NC(=NC(=NCc1ccccc1)c1ccccc1)c1cccc(-c2ccc(-c3ccccc3)c3sc4ccc(-c5ccccc5)cc4c23)c1. The van der Waals surface area contributed by atoms with Gasteiger partial charge in [0.15, 0.2) is 5.84 Å². The number of amidine groups is 2. The third-order valence-corrected chi connectivity index (χ3v) is 10.00. The summed E-state index contributed by atoms with van der Waals surface area (Å²) in [7, 11) is 0. The number of nitrogens with zero attached hydrogens (tertiary/aromatic N) is 2. The Labute approximate surface area is 290 Å². The summed E-state index contributed by atoms with van der Waals surface area (Å²) < 4.78 is 2.54. The quantitative estimate of drug-likeness (QED) is 0.136. The summed E-state index contributed by atoms with van der Waals surface area (Å²) in [5, 5.41) is 2.50.